The molecule has 0 fully saturated rings. The summed E-state index contributed by atoms with van der Waals surface area (Å²) in [6.07, 6.45) is 1.71. The minimum absolute atomic E-state index is 0.341. The lowest BCUT2D eigenvalue weighted by Crippen LogP contribution is -2.16. The van der Waals surface area contributed by atoms with Gasteiger partial charge in [-0.15, -0.1) is 0 Å². The molecule has 0 aliphatic carbocycles. The predicted octanol–water partition coefficient (Wildman–Crippen LogP) is 4.82. The number of benzene rings is 2. The molecule has 2 aromatic rings. The number of aliphatic hydroxyl groups excluding tert-OH is 1. The normalized spacial score (nSPS) is 14.8. The SMILES string of the molecule is CCCCO[P@@](=O)(c1ccc(N(C)C)cc1)[C@H](O)c1ccc(Cl)cc1. The Balaban J connectivity index is 2.38. The Hall–Kier alpha value is -1.32. The van der Waals surface area contributed by atoms with Gasteiger partial charge in [-0.2, -0.15) is 0 Å². The maximum Gasteiger partial charge on any atom is 0.264 e. The van der Waals surface area contributed by atoms with Crippen LogP contribution in [0, 0.1) is 0 Å². The predicted molar refractivity (Wildman–Crippen MR) is 105 cm³/mol. The molecule has 25 heavy (non-hydrogen) atoms. The molecule has 0 radical (unpaired) electrons. The Bertz CT molecular complexity index is 716. The van der Waals surface area contributed by atoms with E-state index in [4.69, 9.17) is 16.1 Å². The second kappa shape index (κ2) is 8.86. The maximum absolute atomic E-state index is 13.6. The van der Waals surface area contributed by atoms with E-state index in [2.05, 4.69) is 0 Å². The molecule has 0 spiro atoms. The summed E-state index contributed by atoms with van der Waals surface area (Å²) < 4.78 is 19.4. The highest BCUT2D eigenvalue weighted by Gasteiger charge is 2.36. The molecule has 2 rings (SSSR count). The molecule has 0 amide bonds. The molecule has 1 N–H and O–H groups in total. The topological polar surface area (TPSA) is 49.8 Å². The lowest BCUT2D eigenvalue weighted by atomic mass is 10.2. The van der Waals surface area contributed by atoms with Crippen molar-refractivity contribution in [1.82, 2.24) is 0 Å². The first-order chi connectivity index (χ1) is 11.9. The number of halogens is 1. The van der Waals surface area contributed by atoms with Gasteiger partial charge in [-0.25, -0.2) is 0 Å². The average molecular weight is 382 g/mol. The van der Waals surface area contributed by atoms with Crippen molar-refractivity contribution < 1.29 is 14.2 Å². The quantitative estimate of drug-likeness (QED) is 0.526. The lowest BCUT2D eigenvalue weighted by molar-refractivity contribution is 0.213. The summed E-state index contributed by atoms with van der Waals surface area (Å²) in [6.45, 7) is 2.38. The van der Waals surface area contributed by atoms with E-state index in [-0.39, 0.29) is 0 Å². The van der Waals surface area contributed by atoms with Crippen LogP contribution in [0.4, 0.5) is 5.69 Å². The molecule has 0 saturated heterocycles. The first-order valence-corrected chi connectivity index (χ1v) is 10.4. The monoisotopic (exact) mass is 381 g/mol. The Morgan fingerprint density at radius 2 is 1.72 bits per heavy atom. The van der Waals surface area contributed by atoms with E-state index >= 15 is 0 Å². The maximum atomic E-state index is 13.6. The third-order valence-corrected chi connectivity index (χ3v) is 6.78. The van der Waals surface area contributed by atoms with Gasteiger partial charge >= 0.3 is 0 Å². The van der Waals surface area contributed by atoms with Gasteiger partial charge < -0.3 is 14.5 Å². The molecule has 136 valence electrons. The van der Waals surface area contributed by atoms with Crippen molar-refractivity contribution in [2.45, 2.75) is 25.6 Å². The fourth-order valence-corrected chi connectivity index (χ4v) is 4.65. The second-order valence-electron chi connectivity index (χ2n) is 6.12. The molecular weight excluding hydrogens is 357 g/mol. The van der Waals surface area contributed by atoms with Crippen LogP contribution in [0.25, 0.3) is 0 Å². The molecular formula is C19H25ClNO3P. The largest absolute Gasteiger partial charge is 0.378 e. The number of aliphatic hydroxyl groups is 1. The smallest absolute Gasteiger partial charge is 0.264 e. The van der Waals surface area contributed by atoms with Crippen molar-refractivity contribution in [1.29, 1.82) is 0 Å². The Labute approximate surface area is 154 Å². The van der Waals surface area contributed by atoms with E-state index in [1.54, 1.807) is 36.4 Å². The van der Waals surface area contributed by atoms with Crippen LogP contribution in [0.15, 0.2) is 48.5 Å². The Kier molecular flexibility index (Phi) is 7.09. The van der Waals surface area contributed by atoms with Crippen LogP contribution in [-0.2, 0) is 9.09 Å². The van der Waals surface area contributed by atoms with Gasteiger partial charge in [-0.1, -0.05) is 37.1 Å². The summed E-state index contributed by atoms with van der Waals surface area (Å²) in [5.74, 6) is -1.23. The van der Waals surface area contributed by atoms with E-state index in [1.807, 2.05) is 38.1 Å². The van der Waals surface area contributed by atoms with Gasteiger partial charge in [0.05, 0.1) is 6.61 Å². The van der Waals surface area contributed by atoms with Gasteiger partial charge in [0.1, 0.15) is 0 Å². The van der Waals surface area contributed by atoms with Gasteiger partial charge in [0.15, 0.2) is 5.85 Å². The summed E-state index contributed by atoms with van der Waals surface area (Å²) >= 11 is 5.91. The summed E-state index contributed by atoms with van der Waals surface area (Å²) in [5.41, 5.74) is 1.52. The van der Waals surface area contributed by atoms with Crippen LogP contribution in [0.1, 0.15) is 31.2 Å². The number of hydrogen-bond donors (Lipinski definition) is 1. The lowest BCUT2D eigenvalue weighted by Gasteiger charge is -2.25. The summed E-state index contributed by atoms with van der Waals surface area (Å²) in [7, 11) is 0.393. The highest BCUT2D eigenvalue weighted by atomic mass is 35.5. The van der Waals surface area contributed by atoms with Gasteiger partial charge in [0.2, 0.25) is 0 Å². The number of nitrogens with zero attached hydrogens (tertiary/aromatic N) is 1. The molecule has 0 unspecified atom stereocenters. The summed E-state index contributed by atoms with van der Waals surface area (Å²) in [4.78, 5) is 1.96. The number of unbranched alkanes of at least 4 members (excludes halogenated alkanes) is 1. The van der Waals surface area contributed by atoms with Gasteiger partial charge in [-0.3, -0.25) is 4.57 Å². The average Bonchev–Trinajstić information content (AvgIpc) is 2.62. The van der Waals surface area contributed by atoms with Crippen molar-refractivity contribution in [3.8, 4) is 0 Å². The highest BCUT2D eigenvalue weighted by Crippen LogP contribution is 2.57. The fraction of sp³-hybridized carbons (Fsp3) is 0.368. The molecule has 0 aromatic heterocycles. The minimum atomic E-state index is -3.49. The molecule has 6 heteroatoms. The van der Waals surface area contributed by atoms with Gasteiger partial charge in [0, 0.05) is 30.1 Å². The molecule has 0 heterocycles. The van der Waals surface area contributed by atoms with E-state index in [1.165, 1.54) is 0 Å². The number of rotatable bonds is 8. The van der Waals surface area contributed by atoms with Gasteiger partial charge in [0.25, 0.3) is 7.37 Å². The molecule has 0 saturated carbocycles. The van der Waals surface area contributed by atoms with E-state index < -0.39 is 13.2 Å². The summed E-state index contributed by atoms with van der Waals surface area (Å²) in [6, 6.07) is 14.0. The second-order valence-corrected chi connectivity index (χ2v) is 9.01. The van der Waals surface area contributed by atoms with Crippen molar-refractivity contribution in [2.75, 3.05) is 25.6 Å². The van der Waals surface area contributed by atoms with Crippen LogP contribution in [0.3, 0.4) is 0 Å². The van der Waals surface area contributed by atoms with Crippen LogP contribution in [0.5, 0.6) is 0 Å². The number of anilines is 1. The van der Waals surface area contributed by atoms with E-state index in [9.17, 15) is 9.67 Å². The first kappa shape index (κ1) is 20.0. The molecule has 0 bridgehead atoms. The van der Waals surface area contributed by atoms with Gasteiger partial charge in [-0.05, 0) is 48.4 Å². The minimum Gasteiger partial charge on any atom is -0.378 e. The van der Waals surface area contributed by atoms with Crippen LogP contribution >= 0.6 is 19.0 Å². The standard InChI is InChI=1S/C19H25ClNO3P/c1-4-5-14-24-25(23,18-12-10-17(11-13-18)21(2)3)19(22)15-6-8-16(20)9-7-15/h6-13,19,22H,4-5,14H2,1-3H3/t19-,25-/m0/s1. The number of hydrogen-bond acceptors (Lipinski definition) is 4. The van der Waals surface area contributed by atoms with Crippen molar-refractivity contribution >= 4 is 30.0 Å². The molecule has 2 aromatic carbocycles. The zero-order valence-corrected chi connectivity index (χ0v) is 16.5. The zero-order chi connectivity index (χ0) is 18.4. The zero-order valence-electron chi connectivity index (χ0n) is 14.9. The summed E-state index contributed by atoms with van der Waals surface area (Å²) in [5, 5.41) is 11.9. The third kappa shape index (κ3) is 4.86. The van der Waals surface area contributed by atoms with Crippen molar-refractivity contribution in [3.63, 3.8) is 0 Å². The van der Waals surface area contributed by atoms with Crippen LogP contribution < -0.4 is 10.2 Å². The van der Waals surface area contributed by atoms with Crippen molar-refractivity contribution in [3.05, 3.63) is 59.1 Å². The third-order valence-electron chi connectivity index (χ3n) is 4.00. The Morgan fingerprint density at radius 1 is 1.12 bits per heavy atom. The molecule has 0 aliphatic heterocycles. The van der Waals surface area contributed by atoms with E-state index in [0.717, 1.165) is 18.5 Å². The van der Waals surface area contributed by atoms with Crippen LogP contribution in [0.2, 0.25) is 5.02 Å². The first-order valence-electron chi connectivity index (χ1n) is 8.34. The highest BCUT2D eigenvalue weighted by molar-refractivity contribution is 7.67. The van der Waals surface area contributed by atoms with Crippen molar-refractivity contribution in [2.24, 2.45) is 0 Å². The fourth-order valence-electron chi connectivity index (χ4n) is 2.42. The van der Waals surface area contributed by atoms with Crippen LogP contribution in [-0.4, -0.2) is 25.8 Å². The molecule has 2 atom stereocenters. The Morgan fingerprint density at radius 3 is 2.24 bits per heavy atom. The molecule has 4 nitrogen and oxygen atoms in total. The molecule has 0 aliphatic rings. The van der Waals surface area contributed by atoms with E-state index in [0.29, 0.717) is 22.5 Å².